The quantitative estimate of drug-likeness (QED) is 0.597. The molecule has 1 saturated heterocycles. The van der Waals surface area contributed by atoms with Gasteiger partial charge in [-0.05, 0) is 38.7 Å². The number of carbonyl (C=O) groups is 1. The summed E-state index contributed by atoms with van der Waals surface area (Å²) in [5.41, 5.74) is 0. The van der Waals surface area contributed by atoms with Crippen LogP contribution in [0.3, 0.4) is 0 Å². The predicted molar refractivity (Wildman–Crippen MR) is 132 cm³/mol. The summed E-state index contributed by atoms with van der Waals surface area (Å²) in [5.74, 6) is 0.733. The van der Waals surface area contributed by atoms with Gasteiger partial charge in [0, 0.05) is 29.9 Å². The van der Waals surface area contributed by atoms with Gasteiger partial charge in [0.2, 0.25) is 27.6 Å². The molecule has 1 aliphatic heterocycles. The lowest BCUT2D eigenvalue weighted by atomic mass is 9.94. The van der Waals surface area contributed by atoms with Gasteiger partial charge in [-0.15, -0.1) is 11.3 Å². The monoisotopic (exact) mass is 508 g/mol. The molecule has 2 aliphatic rings. The first-order valence-corrected chi connectivity index (χ1v) is 14.8. The number of aromatic nitrogens is 2. The first-order chi connectivity index (χ1) is 16.3. The molecule has 2 fully saturated rings. The van der Waals surface area contributed by atoms with E-state index in [1.165, 1.54) is 34.9 Å². The van der Waals surface area contributed by atoms with Gasteiger partial charge in [0.05, 0.1) is 15.7 Å². The van der Waals surface area contributed by atoms with Crippen LogP contribution in [-0.4, -0.2) is 47.9 Å². The maximum atomic E-state index is 13.5. The van der Waals surface area contributed by atoms with Crippen molar-refractivity contribution in [3.8, 4) is 10.7 Å². The molecule has 3 heterocycles. The minimum absolute atomic E-state index is 0.00113. The number of amides is 1. The molecule has 0 bridgehead atoms. The fraction of sp³-hybridized carbons (Fsp3) is 0.708. The minimum atomic E-state index is -3.72. The molecule has 2 aromatic rings. The molecule has 4 rings (SSSR count). The number of thiophene rings is 1. The Hall–Kier alpha value is -1.78. The highest BCUT2D eigenvalue weighted by atomic mass is 32.2. The Balaban J connectivity index is 1.45. The second kappa shape index (κ2) is 10.9. The van der Waals surface area contributed by atoms with Crippen LogP contribution in [0.25, 0.3) is 10.7 Å². The third-order valence-corrected chi connectivity index (χ3v) is 10.0. The zero-order chi connectivity index (χ0) is 24.3. The van der Waals surface area contributed by atoms with Crippen LogP contribution in [0.5, 0.6) is 0 Å². The Kier molecular flexibility index (Phi) is 8.09. The van der Waals surface area contributed by atoms with Crippen LogP contribution in [0.1, 0.15) is 88.3 Å². The number of carbonyl (C=O) groups excluding carboxylic acids is 1. The van der Waals surface area contributed by atoms with Gasteiger partial charge in [0.1, 0.15) is 0 Å². The summed E-state index contributed by atoms with van der Waals surface area (Å²) >= 11 is 1.35. The van der Waals surface area contributed by atoms with Crippen LogP contribution < -0.4 is 5.32 Å². The second-order valence-corrected chi connectivity index (χ2v) is 13.1. The van der Waals surface area contributed by atoms with Crippen LogP contribution in [-0.2, 0) is 14.8 Å². The summed E-state index contributed by atoms with van der Waals surface area (Å²) in [6.07, 6.45) is 9.48. The van der Waals surface area contributed by atoms with Crippen molar-refractivity contribution in [3.63, 3.8) is 0 Å². The summed E-state index contributed by atoms with van der Waals surface area (Å²) < 4.78 is 33.9. The van der Waals surface area contributed by atoms with Crippen molar-refractivity contribution in [2.24, 2.45) is 5.92 Å². The summed E-state index contributed by atoms with van der Waals surface area (Å²) in [4.78, 5) is 19.1. The maximum absolute atomic E-state index is 13.5. The number of hydrogen-bond acceptors (Lipinski definition) is 7. The SMILES string of the molecule is Cc1sc(-c2noc(C(C)C)n2)cc1S(=O)(=O)N1CCC[C@H](C(=O)NC2CCCCCCC2)C1. The summed E-state index contributed by atoms with van der Waals surface area (Å²) in [7, 11) is -3.72. The molecule has 188 valence electrons. The van der Waals surface area contributed by atoms with E-state index < -0.39 is 10.0 Å². The third kappa shape index (κ3) is 5.71. The molecular weight excluding hydrogens is 472 g/mol. The Morgan fingerprint density at radius 2 is 1.85 bits per heavy atom. The van der Waals surface area contributed by atoms with E-state index in [2.05, 4.69) is 15.5 Å². The van der Waals surface area contributed by atoms with E-state index in [9.17, 15) is 13.2 Å². The average Bonchev–Trinajstić information content (AvgIpc) is 3.43. The highest BCUT2D eigenvalue weighted by Crippen LogP contribution is 2.35. The molecule has 1 amide bonds. The fourth-order valence-electron chi connectivity index (χ4n) is 4.83. The van der Waals surface area contributed by atoms with Gasteiger partial charge in [-0.25, -0.2) is 8.42 Å². The first-order valence-electron chi connectivity index (χ1n) is 12.5. The summed E-state index contributed by atoms with van der Waals surface area (Å²) in [6, 6.07) is 1.86. The van der Waals surface area contributed by atoms with E-state index in [4.69, 9.17) is 4.52 Å². The lowest BCUT2D eigenvalue weighted by Crippen LogP contribution is -2.47. The highest BCUT2D eigenvalue weighted by molar-refractivity contribution is 7.89. The molecule has 1 atom stereocenters. The first kappa shape index (κ1) is 25.3. The highest BCUT2D eigenvalue weighted by Gasteiger charge is 2.35. The van der Waals surface area contributed by atoms with Crippen LogP contribution >= 0.6 is 11.3 Å². The standard InChI is InChI=1S/C24H36N4O4S2/c1-16(2)24-26-22(27-32-24)20-14-21(17(3)33-20)34(30,31)28-13-9-10-18(15-28)23(29)25-19-11-7-5-4-6-8-12-19/h14,16,18-19H,4-13,15H2,1-3H3,(H,25,29)/t18-/m0/s1. The molecule has 0 aromatic carbocycles. The predicted octanol–water partition coefficient (Wildman–Crippen LogP) is 4.86. The van der Waals surface area contributed by atoms with Crippen molar-refractivity contribution in [2.75, 3.05) is 13.1 Å². The Morgan fingerprint density at radius 1 is 1.15 bits per heavy atom. The summed E-state index contributed by atoms with van der Waals surface area (Å²) in [6.45, 7) is 6.39. The van der Waals surface area contributed by atoms with Gasteiger partial charge in [0.25, 0.3) is 0 Å². The van der Waals surface area contributed by atoms with Crippen LogP contribution in [0.15, 0.2) is 15.5 Å². The van der Waals surface area contributed by atoms with Crippen molar-refractivity contribution < 1.29 is 17.7 Å². The number of sulfonamides is 1. The van der Waals surface area contributed by atoms with Crippen LogP contribution in [0.4, 0.5) is 0 Å². The third-order valence-electron chi connectivity index (χ3n) is 6.85. The molecule has 1 saturated carbocycles. The van der Waals surface area contributed by atoms with Crippen molar-refractivity contribution in [1.82, 2.24) is 19.8 Å². The molecule has 8 nitrogen and oxygen atoms in total. The minimum Gasteiger partial charge on any atom is -0.353 e. The van der Waals surface area contributed by atoms with E-state index >= 15 is 0 Å². The van der Waals surface area contributed by atoms with Gasteiger partial charge in [-0.2, -0.15) is 9.29 Å². The molecule has 10 heteroatoms. The summed E-state index contributed by atoms with van der Waals surface area (Å²) in [5, 5.41) is 7.25. The molecule has 2 aromatic heterocycles. The lowest BCUT2D eigenvalue weighted by Gasteiger charge is -2.32. The molecule has 1 N–H and O–H groups in total. The molecule has 0 spiro atoms. The second-order valence-electron chi connectivity index (χ2n) is 9.89. The fourth-order valence-corrected chi connectivity index (χ4v) is 7.84. The van der Waals surface area contributed by atoms with Gasteiger partial charge in [-0.3, -0.25) is 4.79 Å². The van der Waals surface area contributed by atoms with E-state index in [0.29, 0.717) is 34.4 Å². The van der Waals surface area contributed by atoms with Crippen molar-refractivity contribution in [3.05, 3.63) is 16.8 Å². The number of rotatable bonds is 6. The van der Waals surface area contributed by atoms with Crippen molar-refractivity contribution in [1.29, 1.82) is 0 Å². The van der Waals surface area contributed by atoms with E-state index in [0.717, 1.165) is 32.1 Å². The lowest BCUT2D eigenvalue weighted by molar-refractivity contribution is -0.126. The molecular formula is C24H36N4O4S2. The number of hydrogen-bond donors (Lipinski definition) is 1. The van der Waals surface area contributed by atoms with Gasteiger partial charge in [0.15, 0.2) is 0 Å². The molecule has 0 radical (unpaired) electrons. The van der Waals surface area contributed by atoms with Crippen LogP contribution in [0.2, 0.25) is 0 Å². The number of aryl methyl sites for hydroxylation is 1. The van der Waals surface area contributed by atoms with E-state index in [-0.39, 0.29) is 35.2 Å². The zero-order valence-corrected chi connectivity index (χ0v) is 22.0. The van der Waals surface area contributed by atoms with Gasteiger partial charge >= 0.3 is 0 Å². The molecule has 1 aliphatic carbocycles. The molecule has 34 heavy (non-hydrogen) atoms. The molecule has 0 unspecified atom stereocenters. The zero-order valence-electron chi connectivity index (χ0n) is 20.4. The average molecular weight is 509 g/mol. The van der Waals surface area contributed by atoms with Crippen LogP contribution in [0, 0.1) is 12.8 Å². The smallest absolute Gasteiger partial charge is 0.244 e. The number of nitrogens with zero attached hydrogens (tertiary/aromatic N) is 3. The maximum Gasteiger partial charge on any atom is 0.244 e. The van der Waals surface area contributed by atoms with Gasteiger partial charge in [-0.1, -0.05) is 51.1 Å². The van der Waals surface area contributed by atoms with Crippen molar-refractivity contribution >= 4 is 27.3 Å². The van der Waals surface area contributed by atoms with Gasteiger partial charge < -0.3 is 9.84 Å². The number of nitrogens with one attached hydrogen (secondary N) is 1. The number of piperidine rings is 1. The van der Waals surface area contributed by atoms with E-state index in [1.54, 1.807) is 13.0 Å². The Bertz CT molecular complexity index is 1080. The van der Waals surface area contributed by atoms with Crippen molar-refractivity contribution in [2.45, 2.75) is 95.4 Å². The van der Waals surface area contributed by atoms with E-state index in [1.807, 2.05) is 13.8 Å². The Labute approximate surface area is 206 Å². The normalized spacial score (nSPS) is 21.4. The topological polar surface area (TPSA) is 105 Å². The largest absolute Gasteiger partial charge is 0.353 e. The Morgan fingerprint density at radius 3 is 2.53 bits per heavy atom.